The Morgan fingerprint density at radius 1 is 1.09 bits per heavy atom. The van der Waals surface area contributed by atoms with E-state index in [4.69, 9.17) is 0 Å². The van der Waals surface area contributed by atoms with Gasteiger partial charge in [-0.2, -0.15) is 0 Å². The first-order chi connectivity index (χ1) is 10.6. The highest BCUT2D eigenvalue weighted by molar-refractivity contribution is 5.71. The number of nitrogens with one attached hydrogen (secondary N) is 2. The van der Waals surface area contributed by atoms with E-state index in [1.54, 1.807) is 19.1 Å². The Morgan fingerprint density at radius 3 is 2.23 bits per heavy atom. The summed E-state index contributed by atoms with van der Waals surface area (Å²) in [5, 5.41) is 5.52. The second-order valence-corrected chi connectivity index (χ2v) is 4.92. The number of benzene rings is 2. The van der Waals surface area contributed by atoms with E-state index < -0.39 is 0 Å². The Kier molecular flexibility index (Phi) is 7.68. The summed E-state index contributed by atoms with van der Waals surface area (Å²) in [6.45, 7) is 3.90. The highest BCUT2D eigenvalue weighted by atomic mass is 19.1. The molecule has 2 N–H and O–H groups in total. The van der Waals surface area contributed by atoms with E-state index in [1.165, 1.54) is 11.6 Å². The lowest BCUT2D eigenvalue weighted by molar-refractivity contribution is -0.105. The molecule has 0 heterocycles. The van der Waals surface area contributed by atoms with E-state index in [9.17, 15) is 9.18 Å². The number of carbonyl (C=O) groups is 1. The van der Waals surface area contributed by atoms with Gasteiger partial charge >= 0.3 is 0 Å². The molecule has 0 aliphatic rings. The van der Waals surface area contributed by atoms with Crippen molar-refractivity contribution in [3.8, 4) is 0 Å². The largest absolute Gasteiger partial charge is 0.388 e. The lowest BCUT2D eigenvalue weighted by atomic mass is 10.1. The van der Waals surface area contributed by atoms with Crippen molar-refractivity contribution in [3.05, 3.63) is 59.4 Å². The van der Waals surface area contributed by atoms with Gasteiger partial charge in [0.1, 0.15) is 5.82 Å². The Hall–Kier alpha value is -2.36. The summed E-state index contributed by atoms with van der Waals surface area (Å²) in [6.07, 6.45) is 2.94. The summed E-state index contributed by atoms with van der Waals surface area (Å²) in [4.78, 5) is 10.1. The van der Waals surface area contributed by atoms with Gasteiger partial charge in [0.25, 0.3) is 0 Å². The SMILES string of the molecule is CCCc1ccc(NC=O)cc1.CNc1ccc(F)c(C)c1. The molecule has 0 bridgehead atoms. The van der Waals surface area contributed by atoms with Crippen LogP contribution in [0.3, 0.4) is 0 Å². The standard InChI is InChI=1S/C10H13NO.C8H10FN/c1-2-3-9-4-6-10(7-5-9)11-8-12;1-6-5-7(10-2)3-4-8(6)9/h4-8H,2-3H2,1H3,(H,11,12);3-5,10H,1-2H3. The molecule has 0 radical (unpaired) electrons. The van der Waals surface area contributed by atoms with Crippen molar-refractivity contribution in [2.75, 3.05) is 17.7 Å². The summed E-state index contributed by atoms with van der Waals surface area (Å²) in [6, 6.07) is 12.8. The van der Waals surface area contributed by atoms with E-state index in [0.29, 0.717) is 12.0 Å². The molecule has 22 heavy (non-hydrogen) atoms. The van der Waals surface area contributed by atoms with Gasteiger partial charge in [-0.1, -0.05) is 25.5 Å². The summed E-state index contributed by atoms with van der Waals surface area (Å²) >= 11 is 0. The summed E-state index contributed by atoms with van der Waals surface area (Å²) < 4.78 is 12.6. The van der Waals surface area contributed by atoms with Crippen LogP contribution in [0.1, 0.15) is 24.5 Å². The molecule has 0 saturated heterocycles. The molecule has 4 heteroatoms. The minimum absolute atomic E-state index is 0.154. The molecule has 2 aromatic rings. The maximum Gasteiger partial charge on any atom is 0.211 e. The van der Waals surface area contributed by atoms with E-state index in [-0.39, 0.29) is 5.82 Å². The fraction of sp³-hybridized carbons (Fsp3) is 0.278. The zero-order valence-corrected chi connectivity index (χ0v) is 13.3. The van der Waals surface area contributed by atoms with Crippen LogP contribution >= 0.6 is 0 Å². The molecule has 1 amide bonds. The first-order valence-corrected chi connectivity index (χ1v) is 7.33. The first-order valence-electron chi connectivity index (χ1n) is 7.33. The van der Waals surface area contributed by atoms with Crippen LogP contribution in [0.4, 0.5) is 15.8 Å². The average molecular weight is 302 g/mol. The van der Waals surface area contributed by atoms with Gasteiger partial charge in [0, 0.05) is 18.4 Å². The third kappa shape index (κ3) is 5.95. The van der Waals surface area contributed by atoms with Gasteiger partial charge in [-0.3, -0.25) is 4.79 Å². The van der Waals surface area contributed by atoms with Gasteiger partial charge < -0.3 is 10.6 Å². The normalized spacial score (nSPS) is 9.45. The molecule has 0 atom stereocenters. The Morgan fingerprint density at radius 2 is 1.73 bits per heavy atom. The predicted octanol–water partition coefficient (Wildman–Crippen LogP) is 4.38. The van der Waals surface area contributed by atoms with Gasteiger partial charge in [0.05, 0.1) is 0 Å². The van der Waals surface area contributed by atoms with Crippen LogP contribution in [0.25, 0.3) is 0 Å². The Labute approximate surface area is 131 Å². The Bertz CT molecular complexity index is 582. The van der Waals surface area contributed by atoms with Gasteiger partial charge in [-0.05, 0) is 54.8 Å². The number of amides is 1. The third-order valence-electron chi connectivity index (χ3n) is 3.16. The fourth-order valence-corrected chi connectivity index (χ4v) is 1.92. The predicted molar refractivity (Wildman–Crippen MR) is 90.8 cm³/mol. The van der Waals surface area contributed by atoms with Gasteiger partial charge in [-0.25, -0.2) is 4.39 Å². The van der Waals surface area contributed by atoms with Crippen LogP contribution < -0.4 is 10.6 Å². The van der Waals surface area contributed by atoms with E-state index in [1.807, 2.05) is 31.3 Å². The third-order valence-corrected chi connectivity index (χ3v) is 3.16. The molecule has 3 nitrogen and oxygen atoms in total. The van der Waals surface area contributed by atoms with Crippen molar-refractivity contribution in [1.29, 1.82) is 0 Å². The molecule has 2 rings (SSSR count). The molecular weight excluding hydrogens is 279 g/mol. The van der Waals surface area contributed by atoms with Crippen LogP contribution in [-0.2, 0) is 11.2 Å². The minimum atomic E-state index is -0.154. The highest BCUT2D eigenvalue weighted by Crippen LogP contribution is 2.12. The van der Waals surface area contributed by atoms with E-state index in [2.05, 4.69) is 17.6 Å². The highest BCUT2D eigenvalue weighted by Gasteiger charge is 1.95. The number of rotatable bonds is 5. The number of carbonyl (C=O) groups excluding carboxylic acids is 1. The molecule has 0 spiro atoms. The van der Waals surface area contributed by atoms with Gasteiger partial charge in [-0.15, -0.1) is 0 Å². The van der Waals surface area contributed by atoms with Crippen molar-refractivity contribution in [1.82, 2.24) is 0 Å². The zero-order chi connectivity index (χ0) is 16.4. The smallest absolute Gasteiger partial charge is 0.211 e. The van der Waals surface area contributed by atoms with E-state index in [0.717, 1.165) is 24.2 Å². The van der Waals surface area contributed by atoms with Crippen molar-refractivity contribution < 1.29 is 9.18 Å². The van der Waals surface area contributed by atoms with E-state index >= 15 is 0 Å². The van der Waals surface area contributed by atoms with Crippen LogP contribution in [-0.4, -0.2) is 13.5 Å². The van der Waals surface area contributed by atoms with Gasteiger partial charge in [0.2, 0.25) is 6.41 Å². The maximum absolute atomic E-state index is 12.6. The Balaban J connectivity index is 0.000000224. The topological polar surface area (TPSA) is 41.1 Å². The second kappa shape index (κ2) is 9.55. The lowest BCUT2D eigenvalue weighted by Gasteiger charge is -2.00. The first kappa shape index (κ1) is 17.7. The summed E-state index contributed by atoms with van der Waals surface area (Å²) in [5.41, 5.74) is 3.78. The zero-order valence-electron chi connectivity index (χ0n) is 13.3. The number of hydrogen-bond acceptors (Lipinski definition) is 2. The van der Waals surface area contributed by atoms with Gasteiger partial charge in [0.15, 0.2) is 0 Å². The number of aryl methyl sites for hydroxylation is 2. The lowest BCUT2D eigenvalue weighted by Crippen LogP contribution is -1.93. The molecule has 0 unspecified atom stereocenters. The average Bonchev–Trinajstić information content (AvgIpc) is 2.53. The molecule has 2 aromatic carbocycles. The monoisotopic (exact) mass is 302 g/mol. The summed E-state index contributed by atoms with van der Waals surface area (Å²) in [7, 11) is 1.81. The van der Waals surface area contributed by atoms with Crippen LogP contribution in [0.2, 0.25) is 0 Å². The van der Waals surface area contributed by atoms with Crippen molar-refractivity contribution in [3.63, 3.8) is 0 Å². The van der Waals surface area contributed by atoms with Crippen molar-refractivity contribution >= 4 is 17.8 Å². The molecule has 0 aromatic heterocycles. The second-order valence-electron chi connectivity index (χ2n) is 4.92. The fourth-order valence-electron chi connectivity index (χ4n) is 1.92. The molecule has 0 aliphatic heterocycles. The molecule has 0 fully saturated rings. The van der Waals surface area contributed by atoms with Crippen molar-refractivity contribution in [2.24, 2.45) is 0 Å². The molecular formula is C18H23FN2O. The number of halogens is 1. The molecule has 0 saturated carbocycles. The van der Waals surface area contributed by atoms with Crippen molar-refractivity contribution in [2.45, 2.75) is 26.7 Å². The van der Waals surface area contributed by atoms with Crippen LogP contribution in [0.5, 0.6) is 0 Å². The van der Waals surface area contributed by atoms with Crippen LogP contribution in [0.15, 0.2) is 42.5 Å². The molecule has 0 aliphatic carbocycles. The minimum Gasteiger partial charge on any atom is -0.388 e. The number of anilines is 2. The maximum atomic E-state index is 12.6. The number of hydrogen-bond donors (Lipinski definition) is 2. The quantitative estimate of drug-likeness (QED) is 0.805. The summed E-state index contributed by atoms with van der Waals surface area (Å²) in [5.74, 6) is -0.154. The van der Waals surface area contributed by atoms with Crippen LogP contribution in [0, 0.1) is 12.7 Å². The molecule has 118 valence electrons.